The van der Waals surface area contributed by atoms with Gasteiger partial charge in [-0.2, -0.15) is 4.31 Å². The molecule has 1 saturated carbocycles. The van der Waals surface area contributed by atoms with Crippen molar-refractivity contribution < 1.29 is 27.9 Å². The van der Waals surface area contributed by atoms with Crippen LogP contribution in [-0.4, -0.2) is 89.2 Å². The van der Waals surface area contributed by atoms with Crippen LogP contribution in [0.2, 0.25) is 0 Å². The molecular weight excluding hydrogens is 536 g/mol. The monoisotopic (exact) mass is 576 g/mol. The van der Waals surface area contributed by atoms with Crippen molar-refractivity contribution in [3.05, 3.63) is 36.3 Å². The lowest BCUT2D eigenvalue weighted by Crippen LogP contribution is -2.50. The van der Waals surface area contributed by atoms with Crippen LogP contribution in [0, 0.1) is 5.92 Å². The van der Waals surface area contributed by atoms with Crippen molar-refractivity contribution in [1.29, 1.82) is 0 Å². The summed E-state index contributed by atoms with van der Waals surface area (Å²) in [6.07, 6.45) is 7.29. The lowest BCUT2D eigenvalue weighted by Gasteiger charge is -2.38. The summed E-state index contributed by atoms with van der Waals surface area (Å²) in [5.41, 5.74) is 0.535. The normalized spacial score (nSPS) is 21.2. The maximum absolute atomic E-state index is 13.7. The third-order valence-corrected chi connectivity index (χ3v) is 9.38. The minimum Gasteiger partial charge on any atom is -0.486 e. The second-order valence-corrected chi connectivity index (χ2v) is 12.9. The summed E-state index contributed by atoms with van der Waals surface area (Å²) in [7, 11) is -0.760. The molecule has 1 fully saturated rings. The number of aromatic nitrogens is 2. The Morgan fingerprint density at radius 2 is 2.00 bits per heavy atom. The number of imidazole rings is 1. The highest BCUT2D eigenvalue weighted by atomic mass is 32.2. The van der Waals surface area contributed by atoms with Gasteiger partial charge in [-0.3, -0.25) is 4.79 Å². The highest BCUT2D eigenvalue weighted by molar-refractivity contribution is 7.89. The van der Waals surface area contributed by atoms with Crippen LogP contribution in [0.3, 0.4) is 0 Å². The topological polar surface area (TPSA) is 146 Å². The van der Waals surface area contributed by atoms with Crippen molar-refractivity contribution in [2.45, 2.75) is 69.2 Å². The lowest BCUT2D eigenvalue weighted by atomic mass is 9.96. The molecule has 12 nitrogen and oxygen atoms in total. The molecule has 2 aliphatic rings. The van der Waals surface area contributed by atoms with Gasteiger partial charge in [0.1, 0.15) is 6.10 Å². The molecule has 0 bridgehead atoms. The number of para-hydroxylation sites is 1. The minimum absolute atomic E-state index is 0.0301. The van der Waals surface area contributed by atoms with E-state index in [1.807, 2.05) is 6.92 Å². The summed E-state index contributed by atoms with van der Waals surface area (Å²) in [6.45, 7) is 3.58. The van der Waals surface area contributed by atoms with Crippen LogP contribution in [0.1, 0.15) is 56.3 Å². The fourth-order valence-electron chi connectivity index (χ4n) is 5.18. The molecule has 1 aliphatic heterocycles. The number of ether oxygens (including phenoxy) is 1. The minimum atomic E-state index is -3.91. The molecule has 40 heavy (non-hydrogen) atoms. The van der Waals surface area contributed by atoms with Crippen molar-refractivity contribution in [3.63, 3.8) is 0 Å². The predicted molar refractivity (Wildman–Crippen MR) is 150 cm³/mol. The number of carbonyl (C=O) groups is 2. The number of carbonyl (C=O) groups excluding carboxylic acids is 2. The van der Waals surface area contributed by atoms with Gasteiger partial charge in [0.25, 0.3) is 15.9 Å². The first-order valence-corrected chi connectivity index (χ1v) is 15.2. The van der Waals surface area contributed by atoms with Gasteiger partial charge in [-0.15, -0.1) is 0 Å². The number of fused-ring (bicyclic) bond motifs is 1. The Bertz CT molecular complexity index is 1310. The number of aryl methyl sites for hydroxylation is 1. The number of nitrogens with one attached hydrogen (secondary N) is 2. The zero-order chi connectivity index (χ0) is 29.0. The molecule has 0 radical (unpaired) electrons. The molecule has 0 saturated heterocycles. The Balaban J connectivity index is 1.65. The third kappa shape index (κ3) is 6.58. The number of nitrogens with zero attached hydrogens (tertiary/aromatic N) is 4. The van der Waals surface area contributed by atoms with Crippen LogP contribution < -0.4 is 15.4 Å². The van der Waals surface area contributed by atoms with E-state index in [1.165, 1.54) is 23.9 Å². The fourth-order valence-corrected chi connectivity index (χ4v) is 6.33. The molecule has 220 valence electrons. The Hall–Kier alpha value is -3.16. The number of aliphatic hydroxyl groups is 1. The maximum atomic E-state index is 13.7. The summed E-state index contributed by atoms with van der Waals surface area (Å²) in [5.74, 6) is -0.495. The highest BCUT2D eigenvalue weighted by Crippen LogP contribution is 2.35. The summed E-state index contributed by atoms with van der Waals surface area (Å²) in [4.78, 5) is 32.2. The van der Waals surface area contributed by atoms with Gasteiger partial charge in [-0.05, 0) is 31.9 Å². The van der Waals surface area contributed by atoms with Crippen molar-refractivity contribution in [2.75, 3.05) is 32.1 Å². The second-order valence-electron chi connectivity index (χ2n) is 10.9. The van der Waals surface area contributed by atoms with Gasteiger partial charge < -0.3 is 29.9 Å². The van der Waals surface area contributed by atoms with E-state index in [0.29, 0.717) is 5.69 Å². The standard InChI is InChI=1S/C27H40N6O6S/c1-18-13-33(19(2)16-34)26(35)21-11-8-12-22(30-27(36)29-20-9-6-5-7-10-20)25(21)39-23(18)14-32(4)40(37,38)24-15-31(3)17-28-24/h8,11-12,15,17-20,23,34H,5-7,9-10,13-14,16H2,1-4H3,(H2,29,30,36)/t18-,19+,23-/m1/s1. The molecule has 3 N–H and O–H groups in total. The zero-order valence-corrected chi connectivity index (χ0v) is 24.4. The van der Waals surface area contributed by atoms with Crippen LogP contribution in [0.5, 0.6) is 5.75 Å². The number of anilines is 1. The van der Waals surface area contributed by atoms with E-state index in [4.69, 9.17) is 4.74 Å². The van der Waals surface area contributed by atoms with Gasteiger partial charge in [0.05, 0.1) is 36.8 Å². The van der Waals surface area contributed by atoms with Crippen molar-refractivity contribution in [1.82, 2.24) is 24.1 Å². The molecule has 3 atom stereocenters. The number of hydrogen-bond acceptors (Lipinski definition) is 7. The van der Waals surface area contributed by atoms with Crippen molar-refractivity contribution in [3.8, 4) is 5.75 Å². The predicted octanol–water partition coefficient (Wildman–Crippen LogP) is 2.42. The van der Waals surface area contributed by atoms with Crippen molar-refractivity contribution in [2.24, 2.45) is 13.0 Å². The van der Waals surface area contributed by atoms with Crippen LogP contribution in [0.25, 0.3) is 0 Å². The molecule has 1 aromatic carbocycles. The molecule has 1 aromatic heterocycles. The van der Waals surface area contributed by atoms with E-state index in [9.17, 15) is 23.1 Å². The molecule has 2 heterocycles. The number of amides is 3. The van der Waals surface area contributed by atoms with Crippen LogP contribution in [0.15, 0.2) is 35.7 Å². The molecular formula is C27H40N6O6S. The van der Waals surface area contributed by atoms with Gasteiger partial charge in [-0.25, -0.2) is 18.2 Å². The van der Waals surface area contributed by atoms with Gasteiger partial charge in [0.15, 0.2) is 10.8 Å². The first-order valence-electron chi connectivity index (χ1n) is 13.7. The maximum Gasteiger partial charge on any atom is 0.319 e. The van der Waals surface area contributed by atoms with Gasteiger partial charge >= 0.3 is 6.03 Å². The molecule has 1 aliphatic carbocycles. The quantitative estimate of drug-likeness (QED) is 0.437. The van der Waals surface area contributed by atoms with Gasteiger partial charge in [-0.1, -0.05) is 32.3 Å². The average molecular weight is 577 g/mol. The zero-order valence-electron chi connectivity index (χ0n) is 23.5. The SMILES string of the molecule is C[C@@H]1CN([C@@H](C)CO)C(=O)c2cccc(NC(=O)NC3CCCCC3)c2O[C@@H]1CN(C)S(=O)(=O)c1cn(C)cn1. The molecule has 2 aromatic rings. The highest BCUT2D eigenvalue weighted by Gasteiger charge is 2.36. The summed E-state index contributed by atoms with van der Waals surface area (Å²) in [6, 6.07) is 4.14. The Morgan fingerprint density at radius 1 is 1.27 bits per heavy atom. The molecule has 0 spiro atoms. The van der Waals surface area contributed by atoms with Gasteiger partial charge in [0, 0.05) is 38.8 Å². The van der Waals surface area contributed by atoms with E-state index in [-0.39, 0.29) is 53.9 Å². The largest absolute Gasteiger partial charge is 0.486 e. The fraction of sp³-hybridized carbons (Fsp3) is 0.593. The number of urea groups is 1. The number of rotatable bonds is 8. The molecule has 3 amide bonds. The van der Waals surface area contributed by atoms with E-state index < -0.39 is 28.2 Å². The van der Waals surface area contributed by atoms with E-state index in [2.05, 4.69) is 15.6 Å². The van der Waals surface area contributed by atoms with Crippen molar-refractivity contribution >= 4 is 27.6 Å². The Morgan fingerprint density at radius 3 is 2.65 bits per heavy atom. The van der Waals surface area contributed by atoms with E-state index in [0.717, 1.165) is 32.1 Å². The summed E-state index contributed by atoms with van der Waals surface area (Å²) < 4.78 is 35.6. The molecule has 4 rings (SSSR count). The summed E-state index contributed by atoms with van der Waals surface area (Å²) in [5, 5.41) is 15.7. The molecule has 13 heteroatoms. The van der Waals surface area contributed by atoms with Crippen LogP contribution in [0.4, 0.5) is 10.5 Å². The third-order valence-electron chi connectivity index (χ3n) is 7.67. The van der Waals surface area contributed by atoms with E-state index >= 15 is 0 Å². The summed E-state index contributed by atoms with van der Waals surface area (Å²) >= 11 is 0. The number of hydrogen-bond donors (Lipinski definition) is 3. The number of sulfonamides is 1. The first kappa shape index (κ1) is 29.8. The number of benzene rings is 1. The van der Waals surface area contributed by atoms with Gasteiger partial charge in [0.2, 0.25) is 0 Å². The Labute approximate surface area is 235 Å². The first-order chi connectivity index (χ1) is 19.0. The van der Waals surface area contributed by atoms with Crippen LogP contribution in [-0.2, 0) is 17.1 Å². The average Bonchev–Trinajstić information content (AvgIpc) is 3.38. The smallest absolute Gasteiger partial charge is 0.319 e. The molecule has 0 unspecified atom stereocenters. The van der Waals surface area contributed by atoms with Crippen LogP contribution >= 0.6 is 0 Å². The van der Waals surface area contributed by atoms with E-state index in [1.54, 1.807) is 41.6 Å². The Kier molecular flexibility index (Phi) is 9.37. The number of aliphatic hydroxyl groups excluding tert-OH is 1. The lowest BCUT2D eigenvalue weighted by molar-refractivity contribution is 0.0389. The number of likely N-dealkylation sites (N-methyl/N-ethyl adjacent to an activating group) is 1. The second kappa shape index (κ2) is 12.6.